The van der Waals surface area contributed by atoms with Crippen LogP contribution in [0.1, 0.15) is 32.1 Å². The van der Waals surface area contributed by atoms with Crippen LogP contribution in [0.15, 0.2) is 0 Å². The monoisotopic (exact) mass is 438 g/mol. The van der Waals surface area contributed by atoms with E-state index in [-0.39, 0.29) is 24.1 Å². The molecule has 3 aliphatic rings. The largest absolute Gasteiger partial charge is 0.469 e. The van der Waals surface area contributed by atoms with Crippen LogP contribution < -0.4 is 5.73 Å². The van der Waals surface area contributed by atoms with Gasteiger partial charge >= 0.3 is 12.1 Å². The molecule has 1 amide bonds. The fourth-order valence-corrected chi connectivity index (χ4v) is 4.69. The van der Waals surface area contributed by atoms with Crippen LogP contribution >= 0.6 is 0 Å². The second kappa shape index (κ2) is 11.5. The normalized spacial score (nSPS) is 23.8. The van der Waals surface area contributed by atoms with Crippen molar-refractivity contribution in [3.63, 3.8) is 0 Å². The van der Waals surface area contributed by atoms with Crippen molar-refractivity contribution in [2.45, 2.75) is 38.2 Å². The number of methoxy groups -OCH3 is 1. The number of piperazine rings is 1. The van der Waals surface area contributed by atoms with Crippen molar-refractivity contribution in [3.8, 4) is 0 Å². The van der Waals surface area contributed by atoms with E-state index < -0.39 is 0 Å². The lowest BCUT2D eigenvalue weighted by Crippen LogP contribution is -2.49. The highest BCUT2D eigenvalue weighted by atomic mass is 16.6. The second-order valence-corrected chi connectivity index (χ2v) is 8.88. The zero-order valence-corrected chi connectivity index (χ0v) is 18.8. The van der Waals surface area contributed by atoms with Gasteiger partial charge in [-0.25, -0.2) is 4.79 Å². The first-order chi connectivity index (χ1) is 14.9. The number of esters is 1. The van der Waals surface area contributed by atoms with Gasteiger partial charge in [0, 0.05) is 58.8 Å². The molecule has 31 heavy (non-hydrogen) atoms. The maximum absolute atomic E-state index is 12.3. The molecule has 0 radical (unpaired) electrons. The summed E-state index contributed by atoms with van der Waals surface area (Å²) in [6.07, 6.45) is 4.09. The topological polar surface area (TPSA) is 115 Å². The fourth-order valence-electron chi connectivity index (χ4n) is 4.69. The Kier molecular flexibility index (Phi) is 8.77. The van der Waals surface area contributed by atoms with E-state index in [0.717, 1.165) is 84.6 Å². The minimum absolute atomic E-state index is 0.0575. The Bertz CT molecular complexity index is 617. The molecule has 1 unspecified atom stereocenters. The molecule has 1 atom stereocenters. The number of piperidine rings is 1. The van der Waals surface area contributed by atoms with E-state index in [1.54, 1.807) is 0 Å². The molecule has 3 saturated heterocycles. The van der Waals surface area contributed by atoms with Gasteiger partial charge in [-0.2, -0.15) is 0 Å². The lowest BCUT2D eigenvalue weighted by atomic mass is 9.93. The van der Waals surface area contributed by atoms with Gasteiger partial charge in [-0.1, -0.05) is 0 Å². The molecule has 0 bridgehead atoms. The predicted octanol–water partition coefficient (Wildman–Crippen LogP) is 0.374. The van der Waals surface area contributed by atoms with Gasteiger partial charge in [0.15, 0.2) is 5.96 Å². The number of nitrogens with two attached hydrogens (primary N) is 1. The molecule has 3 fully saturated rings. The summed E-state index contributed by atoms with van der Waals surface area (Å²) in [4.78, 5) is 32.0. The number of likely N-dealkylation sites (tertiary alicyclic amines) is 1. The maximum atomic E-state index is 12.3. The molecule has 0 aromatic rings. The van der Waals surface area contributed by atoms with Gasteiger partial charge in [-0.3, -0.25) is 15.1 Å². The standard InChI is InChI=1S/C21H38N6O4/c1-30-19(28)3-2-7-24-11-13-25(14-12-24)15-18-16-27(21(29)31-18)10-6-17-4-8-26(9-5-17)20(22)23/h17-18H,2-16H2,1H3,(H3,22,23). The Morgan fingerprint density at radius 2 is 1.81 bits per heavy atom. The SMILES string of the molecule is COC(=O)CCCN1CCN(CC2CN(CCC3CCN(C(=N)N)CC3)C(=O)O2)CC1. The number of nitrogens with zero attached hydrogens (tertiary/aromatic N) is 4. The number of hydrogen-bond acceptors (Lipinski definition) is 7. The van der Waals surface area contributed by atoms with Crippen LogP contribution in [0.2, 0.25) is 0 Å². The highest BCUT2D eigenvalue weighted by Crippen LogP contribution is 2.22. The van der Waals surface area contributed by atoms with Crippen LogP contribution in [-0.2, 0) is 14.3 Å². The summed E-state index contributed by atoms with van der Waals surface area (Å²) >= 11 is 0. The van der Waals surface area contributed by atoms with Gasteiger partial charge in [-0.15, -0.1) is 0 Å². The first-order valence-corrected chi connectivity index (χ1v) is 11.5. The van der Waals surface area contributed by atoms with E-state index in [1.807, 2.05) is 9.80 Å². The number of carbonyl (C=O) groups excluding carboxylic acids is 2. The highest BCUT2D eigenvalue weighted by Gasteiger charge is 2.33. The Balaban J connectivity index is 1.29. The number of nitrogens with one attached hydrogen (secondary N) is 1. The van der Waals surface area contributed by atoms with E-state index >= 15 is 0 Å². The number of cyclic esters (lactones) is 1. The fraction of sp³-hybridized carbons (Fsp3) is 0.857. The predicted molar refractivity (Wildman–Crippen MR) is 117 cm³/mol. The van der Waals surface area contributed by atoms with Gasteiger partial charge in [0.05, 0.1) is 13.7 Å². The van der Waals surface area contributed by atoms with Crippen molar-refractivity contribution in [1.82, 2.24) is 19.6 Å². The molecule has 0 aromatic carbocycles. The average Bonchev–Trinajstić information content (AvgIpc) is 3.12. The second-order valence-electron chi connectivity index (χ2n) is 8.88. The third-order valence-corrected chi connectivity index (χ3v) is 6.72. The van der Waals surface area contributed by atoms with Crippen molar-refractivity contribution in [2.75, 3.05) is 72.6 Å². The van der Waals surface area contributed by atoms with Crippen LogP contribution in [0.4, 0.5) is 4.79 Å². The first kappa shape index (κ1) is 23.6. The van der Waals surface area contributed by atoms with Gasteiger partial charge < -0.3 is 29.9 Å². The Hall–Kier alpha value is -2.07. The molecule has 0 aliphatic carbocycles. The van der Waals surface area contributed by atoms with Crippen LogP contribution in [0, 0.1) is 11.3 Å². The third-order valence-electron chi connectivity index (χ3n) is 6.72. The lowest BCUT2D eigenvalue weighted by molar-refractivity contribution is -0.140. The zero-order chi connectivity index (χ0) is 22.2. The molecule has 0 saturated carbocycles. The molecule has 3 N–H and O–H groups in total. The molecular formula is C21H38N6O4. The van der Waals surface area contributed by atoms with E-state index in [9.17, 15) is 9.59 Å². The Morgan fingerprint density at radius 3 is 2.45 bits per heavy atom. The Labute approximate surface area is 185 Å². The molecule has 10 nitrogen and oxygen atoms in total. The molecule has 10 heteroatoms. The summed E-state index contributed by atoms with van der Waals surface area (Å²) in [7, 11) is 1.43. The van der Waals surface area contributed by atoms with Gasteiger partial charge in [-0.05, 0) is 38.1 Å². The van der Waals surface area contributed by atoms with Crippen LogP contribution in [0.3, 0.4) is 0 Å². The van der Waals surface area contributed by atoms with Gasteiger partial charge in [0.2, 0.25) is 0 Å². The number of guanidine groups is 1. The van der Waals surface area contributed by atoms with E-state index in [0.29, 0.717) is 18.9 Å². The smallest absolute Gasteiger partial charge is 0.410 e. The summed E-state index contributed by atoms with van der Waals surface area (Å²) < 4.78 is 10.3. The summed E-state index contributed by atoms with van der Waals surface area (Å²) in [5.74, 6) is 0.592. The zero-order valence-electron chi connectivity index (χ0n) is 18.8. The van der Waals surface area contributed by atoms with E-state index in [4.69, 9.17) is 15.9 Å². The molecule has 0 aromatic heterocycles. The number of amides is 1. The van der Waals surface area contributed by atoms with E-state index in [1.165, 1.54) is 7.11 Å². The summed E-state index contributed by atoms with van der Waals surface area (Å²) in [5.41, 5.74) is 5.56. The average molecular weight is 439 g/mol. The van der Waals surface area contributed by atoms with Gasteiger partial charge in [0.25, 0.3) is 0 Å². The molecule has 0 spiro atoms. The third kappa shape index (κ3) is 7.24. The van der Waals surface area contributed by atoms with E-state index in [2.05, 4.69) is 14.5 Å². The first-order valence-electron chi connectivity index (χ1n) is 11.5. The van der Waals surface area contributed by atoms with Crippen molar-refractivity contribution in [2.24, 2.45) is 11.7 Å². The summed E-state index contributed by atoms with van der Waals surface area (Å²) in [6, 6.07) is 0. The molecule has 3 heterocycles. The minimum atomic E-state index is -0.187. The minimum Gasteiger partial charge on any atom is -0.469 e. The van der Waals surface area contributed by atoms with Crippen molar-refractivity contribution < 1.29 is 19.1 Å². The number of rotatable bonds is 9. The highest BCUT2D eigenvalue weighted by molar-refractivity contribution is 5.74. The molecule has 176 valence electrons. The van der Waals surface area contributed by atoms with Crippen molar-refractivity contribution in [3.05, 3.63) is 0 Å². The van der Waals surface area contributed by atoms with Crippen molar-refractivity contribution in [1.29, 1.82) is 5.41 Å². The number of carbonyl (C=O) groups is 2. The molecule has 3 aliphatic heterocycles. The quantitative estimate of drug-likeness (QED) is 0.301. The number of hydrogen-bond donors (Lipinski definition) is 2. The Morgan fingerprint density at radius 1 is 1.13 bits per heavy atom. The summed E-state index contributed by atoms with van der Waals surface area (Å²) in [5, 5.41) is 7.52. The summed E-state index contributed by atoms with van der Waals surface area (Å²) in [6.45, 7) is 8.66. The van der Waals surface area contributed by atoms with Gasteiger partial charge in [0.1, 0.15) is 6.10 Å². The van der Waals surface area contributed by atoms with Crippen molar-refractivity contribution >= 4 is 18.0 Å². The maximum Gasteiger partial charge on any atom is 0.410 e. The molecular weight excluding hydrogens is 400 g/mol. The van der Waals surface area contributed by atoms with Crippen LogP contribution in [0.25, 0.3) is 0 Å². The van der Waals surface area contributed by atoms with Crippen LogP contribution in [0.5, 0.6) is 0 Å². The molecule has 3 rings (SSSR count). The lowest BCUT2D eigenvalue weighted by Gasteiger charge is -2.35. The van der Waals surface area contributed by atoms with Crippen LogP contribution in [-0.4, -0.2) is 116 Å². The number of ether oxygens (including phenoxy) is 2.